The number of carbonyl (C=O) groups is 3. The molecule has 1 unspecified atom stereocenters. The topological polar surface area (TPSA) is 113 Å². The average molecular weight is 516 g/mol. The molecule has 3 aromatic rings. The maximum atomic E-state index is 13.4. The van der Waals surface area contributed by atoms with Crippen LogP contribution in [-0.4, -0.2) is 41.1 Å². The van der Waals surface area contributed by atoms with Gasteiger partial charge in [-0.3, -0.25) is 19.3 Å². The van der Waals surface area contributed by atoms with Gasteiger partial charge in [-0.2, -0.15) is 0 Å². The highest BCUT2D eigenvalue weighted by Gasteiger charge is 2.47. The number of phenols is 1. The first-order chi connectivity index (χ1) is 18.1. The number of Topliss-reactive ketones (excluding diaryl/α,β-unsaturated/α-hetero) is 1. The van der Waals surface area contributed by atoms with Crippen molar-refractivity contribution in [2.45, 2.75) is 39.3 Å². The third-order valence-electron chi connectivity index (χ3n) is 6.23. The fourth-order valence-corrected chi connectivity index (χ4v) is 4.46. The van der Waals surface area contributed by atoms with E-state index in [-0.39, 0.29) is 29.6 Å². The van der Waals surface area contributed by atoms with Crippen molar-refractivity contribution in [1.29, 1.82) is 0 Å². The summed E-state index contributed by atoms with van der Waals surface area (Å²) >= 11 is 0. The van der Waals surface area contributed by atoms with Crippen molar-refractivity contribution in [3.63, 3.8) is 0 Å². The summed E-state index contributed by atoms with van der Waals surface area (Å²) in [4.78, 5) is 39.6. The first-order valence-electron chi connectivity index (χ1n) is 12.1. The Morgan fingerprint density at radius 2 is 1.74 bits per heavy atom. The minimum Gasteiger partial charge on any atom is -0.508 e. The number of anilines is 1. The molecule has 38 heavy (non-hydrogen) atoms. The molecule has 0 aromatic heterocycles. The quantitative estimate of drug-likeness (QED) is 0.201. The fourth-order valence-electron chi connectivity index (χ4n) is 4.46. The van der Waals surface area contributed by atoms with Crippen LogP contribution in [0.1, 0.15) is 42.1 Å². The number of phenolic OH excluding ortho intramolecular Hbond substituents is 1. The monoisotopic (exact) mass is 515 g/mol. The van der Waals surface area contributed by atoms with E-state index in [1.165, 1.54) is 24.1 Å². The lowest BCUT2D eigenvalue weighted by Gasteiger charge is -2.25. The number of aliphatic hydroxyl groups excluding tert-OH is 1. The van der Waals surface area contributed by atoms with Gasteiger partial charge in [-0.15, -0.1) is 0 Å². The van der Waals surface area contributed by atoms with Gasteiger partial charge in [-0.1, -0.05) is 24.3 Å². The van der Waals surface area contributed by atoms with Crippen molar-refractivity contribution in [3.8, 4) is 11.5 Å². The van der Waals surface area contributed by atoms with E-state index < -0.39 is 23.7 Å². The molecule has 8 nitrogen and oxygen atoms in total. The molecule has 8 heteroatoms. The number of esters is 1. The number of methoxy groups -OCH3 is 1. The summed E-state index contributed by atoms with van der Waals surface area (Å²) in [7, 11) is 1.30. The summed E-state index contributed by atoms with van der Waals surface area (Å²) in [6, 6.07) is 16.8. The van der Waals surface area contributed by atoms with Gasteiger partial charge in [0.25, 0.3) is 11.7 Å². The zero-order chi connectivity index (χ0) is 27.6. The van der Waals surface area contributed by atoms with E-state index in [1.54, 1.807) is 54.6 Å². The smallest absolute Gasteiger partial charge is 0.309 e. The average Bonchev–Trinajstić information content (AvgIpc) is 3.15. The first kappa shape index (κ1) is 26.5. The van der Waals surface area contributed by atoms with Crippen molar-refractivity contribution < 1.29 is 34.1 Å². The molecular formula is C30H29NO7. The molecule has 1 saturated heterocycles. The Balaban J connectivity index is 1.83. The largest absolute Gasteiger partial charge is 0.508 e. The highest BCUT2D eigenvalue weighted by atomic mass is 16.5. The molecule has 196 valence electrons. The van der Waals surface area contributed by atoms with Gasteiger partial charge in [0.15, 0.2) is 0 Å². The number of aryl methyl sites for hydroxylation is 1. The van der Waals surface area contributed by atoms with Gasteiger partial charge in [0.1, 0.15) is 17.3 Å². The molecule has 2 N–H and O–H groups in total. The van der Waals surface area contributed by atoms with Crippen LogP contribution in [0.4, 0.5) is 5.69 Å². The Labute approximate surface area is 220 Å². The molecule has 1 amide bonds. The standard InChI is InChI=1S/C30H29NO7/c1-17(2)38-24-13-10-21(14-18(24)3)28(34)26-27(20-6-5-7-23(32)16-20)31(30(36)29(26)35)22-11-8-19(9-12-22)15-25(33)37-4/h5-14,16-17,27,32,34H,15H2,1-4H3/b28-26-. The van der Waals surface area contributed by atoms with Crippen molar-refractivity contribution in [1.82, 2.24) is 0 Å². The molecule has 0 spiro atoms. The second-order valence-electron chi connectivity index (χ2n) is 9.33. The van der Waals surface area contributed by atoms with E-state index in [4.69, 9.17) is 9.47 Å². The molecule has 1 fully saturated rings. The summed E-state index contributed by atoms with van der Waals surface area (Å²) < 4.78 is 10.5. The summed E-state index contributed by atoms with van der Waals surface area (Å²) in [6.07, 6.45) is 0.0183. The number of carbonyl (C=O) groups excluding carboxylic acids is 3. The fraction of sp³-hybridized carbons (Fsp3) is 0.233. The number of nitrogens with zero attached hydrogens (tertiary/aromatic N) is 1. The van der Waals surface area contributed by atoms with Crippen LogP contribution in [-0.2, 0) is 25.5 Å². The number of rotatable bonds is 7. The van der Waals surface area contributed by atoms with Gasteiger partial charge < -0.3 is 19.7 Å². The molecule has 4 rings (SSSR count). The molecule has 1 heterocycles. The highest BCUT2D eigenvalue weighted by Crippen LogP contribution is 2.43. The van der Waals surface area contributed by atoms with Crippen LogP contribution in [0, 0.1) is 6.92 Å². The molecule has 0 aliphatic carbocycles. The SMILES string of the molecule is COC(=O)Cc1ccc(N2C(=O)C(=O)/C(=C(\O)c3ccc(OC(C)C)c(C)c3)C2c2cccc(O)c2)cc1. The van der Waals surface area contributed by atoms with E-state index in [1.807, 2.05) is 20.8 Å². The molecular weight excluding hydrogens is 486 g/mol. The highest BCUT2D eigenvalue weighted by molar-refractivity contribution is 6.51. The van der Waals surface area contributed by atoms with Gasteiger partial charge in [-0.25, -0.2) is 0 Å². The number of ketones is 1. The number of hydrogen-bond donors (Lipinski definition) is 2. The zero-order valence-corrected chi connectivity index (χ0v) is 21.6. The van der Waals surface area contributed by atoms with Crippen LogP contribution in [0.15, 0.2) is 72.3 Å². The number of aliphatic hydroxyl groups is 1. The summed E-state index contributed by atoms with van der Waals surface area (Å²) in [5.74, 6) is -1.81. The molecule has 1 aliphatic rings. The lowest BCUT2D eigenvalue weighted by molar-refractivity contribution is -0.139. The maximum Gasteiger partial charge on any atom is 0.309 e. The maximum absolute atomic E-state index is 13.4. The van der Waals surface area contributed by atoms with Gasteiger partial charge >= 0.3 is 5.97 Å². The Morgan fingerprint density at radius 3 is 2.34 bits per heavy atom. The summed E-state index contributed by atoms with van der Waals surface area (Å²) in [5.41, 5.74) is 2.52. The molecule has 0 saturated carbocycles. The molecule has 3 aromatic carbocycles. The predicted octanol–water partition coefficient (Wildman–Crippen LogP) is 4.83. The molecule has 1 aliphatic heterocycles. The predicted molar refractivity (Wildman–Crippen MR) is 142 cm³/mol. The number of aromatic hydroxyl groups is 1. The van der Waals surface area contributed by atoms with E-state index in [2.05, 4.69) is 0 Å². The third-order valence-corrected chi connectivity index (χ3v) is 6.23. The van der Waals surface area contributed by atoms with Crippen LogP contribution in [0.5, 0.6) is 11.5 Å². The lowest BCUT2D eigenvalue weighted by Crippen LogP contribution is -2.29. The summed E-state index contributed by atoms with van der Waals surface area (Å²) in [6.45, 7) is 5.65. The van der Waals surface area contributed by atoms with Crippen LogP contribution >= 0.6 is 0 Å². The van der Waals surface area contributed by atoms with Crippen molar-refractivity contribution in [3.05, 3.63) is 94.6 Å². The lowest BCUT2D eigenvalue weighted by atomic mass is 9.94. The molecule has 0 radical (unpaired) electrons. The van der Waals surface area contributed by atoms with Gasteiger partial charge in [0, 0.05) is 11.3 Å². The van der Waals surface area contributed by atoms with Gasteiger partial charge in [-0.05, 0) is 79.9 Å². The Morgan fingerprint density at radius 1 is 1.03 bits per heavy atom. The molecule has 0 bridgehead atoms. The van der Waals surface area contributed by atoms with Crippen molar-refractivity contribution in [2.75, 3.05) is 12.0 Å². The second-order valence-corrected chi connectivity index (χ2v) is 9.33. The third kappa shape index (κ3) is 5.25. The van der Waals surface area contributed by atoms with Crippen LogP contribution in [0.2, 0.25) is 0 Å². The Bertz CT molecular complexity index is 1420. The Hall–Kier alpha value is -4.59. The van der Waals surface area contributed by atoms with E-state index in [0.29, 0.717) is 28.1 Å². The zero-order valence-electron chi connectivity index (χ0n) is 21.6. The number of hydrogen-bond acceptors (Lipinski definition) is 7. The van der Waals surface area contributed by atoms with Crippen LogP contribution < -0.4 is 9.64 Å². The number of ether oxygens (including phenoxy) is 2. The van der Waals surface area contributed by atoms with Crippen LogP contribution in [0.3, 0.4) is 0 Å². The van der Waals surface area contributed by atoms with Gasteiger partial charge in [0.2, 0.25) is 0 Å². The van der Waals surface area contributed by atoms with E-state index >= 15 is 0 Å². The number of benzene rings is 3. The minimum atomic E-state index is -1.000. The molecule has 1 atom stereocenters. The van der Waals surface area contributed by atoms with Crippen molar-refractivity contribution >= 4 is 29.1 Å². The van der Waals surface area contributed by atoms with E-state index in [0.717, 1.165) is 5.56 Å². The minimum absolute atomic E-state index is 0.0387. The second kappa shape index (κ2) is 10.8. The summed E-state index contributed by atoms with van der Waals surface area (Å²) in [5, 5.41) is 21.5. The van der Waals surface area contributed by atoms with E-state index in [9.17, 15) is 24.6 Å². The van der Waals surface area contributed by atoms with Crippen molar-refractivity contribution in [2.24, 2.45) is 0 Å². The number of amides is 1. The first-order valence-corrected chi connectivity index (χ1v) is 12.1. The Kier molecular flexibility index (Phi) is 7.52. The normalized spacial score (nSPS) is 16.7. The van der Waals surface area contributed by atoms with Crippen LogP contribution in [0.25, 0.3) is 5.76 Å². The van der Waals surface area contributed by atoms with Gasteiger partial charge in [0.05, 0.1) is 31.2 Å².